The first-order valence-electron chi connectivity index (χ1n) is 14.8. The van der Waals surface area contributed by atoms with E-state index in [0.29, 0.717) is 31.1 Å². The Morgan fingerprint density at radius 1 is 1.21 bits per heavy atom. The molecule has 11 heteroatoms. The first-order chi connectivity index (χ1) is 20.4. The fourth-order valence-corrected chi connectivity index (χ4v) is 5.97. The van der Waals surface area contributed by atoms with Gasteiger partial charge < -0.3 is 14.8 Å². The summed E-state index contributed by atoms with van der Waals surface area (Å²) in [5.41, 5.74) is 2.79. The first-order valence-corrected chi connectivity index (χ1v) is 15.6. The number of likely N-dealkylation sites (tertiary alicyclic amines) is 1. The highest BCUT2D eigenvalue weighted by molar-refractivity contribution is 7.14. The highest BCUT2D eigenvalue weighted by Gasteiger charge is 2.33. The molecule has 3 aromatic rings. The molecule has 2 fully saturated rings. The molecule has 3 heterocycles. The maximum Gasteiger partial charge on any atom is 0.272 e. The molecule has 0 bridgehead atoms. The van der Waals surface area contributed by atoms with Crippen molar-refractivity contribution in [2.24, 2.45) is 11.3 Å². The van der Waals surface area contributed by atoms with E-state index >= 15 is 0 Å². The topological polar surface area (TPSA) is 103 Å². The summed E-state index contributed by atoms with van der Waals surface area (Å²) in [6, 6.07) is 10.8. The minimum atomic E-state index is -2.65. The number of benzene rings is 1. The number of nitrogens with zero attached hydrogens (tertiary/aromatic N) is 4. The van der Waals surface area contributed by atoms with Crippen molar-refractivity contribution < 1.29 is 18.4 Å². The molecule has 1 aromatic carbocycles. The van der Waals surface area contributed by atoms with Crippen LogP contribution in [0.1, 0.15) is 79.9 Å². The molecule has 5 rings (SSSR count). The van der Waals surface area contributed by atoms with Crippen LogP contribution in [-0.2, 0) is 17.9 Å². The largest absolute Gasteiger partial charge is 0.333 e. The van der Waals surface area contributed by atoms with Gasteiger partial charge in [0.2, 0.25) is 5.95 Å². The average molecular weight is 609 g/mol. The van der Waals surface area contributed by atoms with Gasteiger partial charge in [-0.3, -0.25) is 14.9 Å². The molecule has 2 aromatic heterocycles. The number of thiophene rings is 1. The number of fused-ring (bicyclic) bond motifs is 1. The van der Waals surface area contributed by atoms with Gasteiger partial charge in [0.15, 0.2) is 0 Å². The summed E-state index contributed by atoms with van der Waals surface area (Å²) in [5, 5.41) is 16.1. The summed E-state index contributed by atoms with van der Waals surface area (Å²) in [4.78, 5) is 33.0. The minimum absolute atomic E-state index is 0.0962. The number of rotatable bonds is 10. The molecule has 1 aliphatic carbocycles. The van der Waals surface area contributed by atoms with E-state index in [2.05, 4.69) is 44.4 Å². The van der Waals surface area contributed by atoms with Crippen LogP contribution < -0.4 is 10.6 Å². The number of nitriles is 1. The van der Waals surface area contributed by atoms with Gasteiger partial charge in [-0.1, -0.05) is 32.9 Å². The lowest BCUT2D eigenvalue weighted by Gasteiger charge is -2.28. The zero-order valence-corrected chi connectivity index (χ0v) is 25.8. The number of anilines is 1. The third-order valence-corrected chi connectivity index (χ3v) is 9.51. The number of carbonyl (C=O) groups excluding carboxylic acids is 2. The Kier molecular flexibility index (Phi) is 8.99. The molecule has 1 saturated heterocycles. The molecule has 0 spiro atoms. The Labute approximate surface area is 254 Å². The molecule has 1 aliphatic heterocycles. The Morgan fingerprint density at radius 3 is 2.63 bits per heavy atom. The predicted octanol–water partition coefficient (Wildman–Crippen LogP) is 6.66. The van der Waals surface area contributed by atoms with Crippen molar-refractivity contribution in [1.82, 2.24) is 19.8 Å². The van der Waals surface area contributed by atoms with E-state index in [1.54, 1.807) is 11.0 Å². The van der Waals surface area contributed by atoms with Crippen LogP contribution in [0.25, 0.3) is 11.0 Å². The summed E-state index contributed by atoms with van der Waals surface area (Å²) < 4.78 is 28.2. The van der Waals surface area contributed by atoms with E-state index in [9.17, 15) is 23.6 Å². The number of imidazole rings is 1. The van der Waals surface area contributed by atoms with Gasteiger partial charge in [0.25, 0.3) is 18.2 Å². The number of aromatic nitrogens is 2. The smallest absolute Gasteiger partial charge is 0.272 e. The maximum absolute atomic E-state index is 13.4. The van der Waals surface area contributed by atoms with Crippen LogP contribution in [0.2, 0.25) is 0 Å². The molecular weight excluding hydrogens is 570 g/mol. The van der Waals surface area contributed by atoms with Crippen molar-refractivity contribution >= 4 is 40.1 Å². The Hall–Kier alpha value is -3.62. The molecule has 0 radical (unpaired) electrons. The van der Waals surface area contributed by atoms with E-state index in [-0.39, 0.29) is 44.7 Å². The van der Waals surface area contributed by atoms with Gasteiger partial charge in [-0.2, -0.15) is 5.26 Å². The molecule has 2 atom stereocenters. The van der Waals surface area contributed by atoms with Crippen LogP contribution in [0.4, 0.5) is 14.7 Å². The first kappa shape index (κ1) is 30.8. The molecule has 43 heavy (non-hydrogen) atoms. The van der Waals surface area contributed by atoms with Crippen LogP contribution in [0.5, 0.6) is 0 Å². The van der Waals surface area contributed by atoms with Crippen LogP contribution in [0.3, 0.4) is 0 Å². The second kappa shape index (κ2) is 12.5. The van der Waals surface area contributed by atoms with E-state index < -0.39 is 12.3 Å². The van der Waals surface area contributed by atoms with Crippen molar-refractivity contribution in [3.05, 3.63) is 57.3 Å². The van der Waals surface area contributed by atoms with Crippen LogP contribution >= 0.6 is 11.3 Å². The Balaban J connectivity index is 1.44. The summed E-state index contributed by atoms with van der Waals surface area (Å²) in [7, 11) is 0. The number of hydrogen-bond acceptors (Lipinski definition) is 6. The Bertz CT molecular complexity index is 1580. The van der Waals surface area contributed by atoms with Crippen molar-refractivity contribution in [3.8, 4) is 6.07 Å². The molecule has 228 valence electrons. The van der Waals surface area contributed by atoms with Gasteiger partial charge in [0, 0.05) is 25.7 Å². The number of nitrogens with one attached hydrogen (secondary N) is 2. The third-order valence-electron chi connectivity index (χ3n) is 8.42. The quantitative estimate of drug-likeness (QED) is 0.198. The summed E-state index contributed by atoms with van der Waals surface area (Å²) in [6.07, 6.45) is 2.70. The average Bonchev–Trinajstić information content (AvgIpc) is 3.33. The van der Waals surface area contributed by atoms with Crippen molar-refractivity contribution in [3.63, 3.8) is 0 Å². The van der Waals surface area contributed by atoms with Crippen molar-refractivity contribution in [1.29, 1.82) is 5.26 Å². The Morgan fingerprint density at radius 2 is 1.98 bits per heavy atom. The lowest BCUT2D eigenvalue weighted by Crippen LogP contribution is -2.39. The molecule has 1 saturated carbocycles. The SMILES string of the molecule is CC(NCc1ccc2c(c1)nc(NC(=O)c1ccc(C(F)F)s1)n2CC1CCCN1C(=O)C(C#N)=CC1CC1)C(C)(C)C. The van der Waals surface area contributed by atoms with Gasteiger partial charge >= 0.3 is 0 Å². The third kappa shape index (κ3) is 7.13. The fourth-order valence-electron chi connectivity index (χ4n) is 5.21. The summed E-state index contributed by atoms with van der Waals surface area (Å²) in [6.45, 7) is 10.3. The summed E-state index contributed by atoms with van der Waals surface area (Å²) >= 11 is 0.750. The number of alkyl halides is 2. The van der Waals surface area contributed by atoms with Gasteiger partial charge in [-0.05, 0) is 73.8 Å². The van der Waals surface area contributed by atoms with Gasteiger partial charge in [-0.25, -0.2) is 13.8 Å². The zero-order valence-electron chi connectivity index (χ0n) is 25.0. The number of hydrogen-bond donors (Lipinski definition) is 2. The lowest BCUT2D eigenvalue weighted by atomic mass is 9.88. The van der Waals surface area contributed by atoms with Gasteiger partial charge in [0.05, 0.1) is 26.8 Å². The highest BCUT2D eigenvalue weighted by atomic mass is 32.1. The van der Waals surface area contributed by atoms with E-state index in [4.69, 9.17) is 4.98 Å². The number of halogens is 2. The molecule has 2 N–H and O–H groups in total. The van der Waals surface area contributed by atoms with E-state index in [0.717, 1.165) is 48.1 Å². The number of carbonyl (C=O) groups is 2. The van der Waals surface area contributed by atoms with Gasteiger partial charge in [-0.15, -0.1) is 11.3 Å². The molecule has 2 amide bonds. The lowest BCUT2D eigenvalue weighted by molar-refractivity contribution is -0.127. The molecule has 2 unspecified atom stereocenters. The highest BCUT2D eigenvalue weighted by Crippen LogP contribution is 2.33. The fraction of sp³-hybridized carbons (Fsp3) is 0.500. The molecule has 2 aliphatic rings. The summed E-state index contributed by atoms with van der Waals surface area (Å²) in [5.74, 6) is -0.190. The van der Waals surface area contributed by atoms with Crippen LogP contribution in [0.15, 0.2) is 42.0 Å². The van der Waals surface area contributed by atoms with Crippen LogP contribution in [0, 0.1) is 22.7 Å². The van der Waals surface area contributed by atoms with Crippen molar-refractivity contribution in [2.75, 3.05) is 11.9 Å². The van der Waals surface area contributed by atoms with E-state index in [1.807, 2.05) is 22.8 Å². The zero-order chi connectivity index (χ0) is 30.9. The van der Waals surface area contributed by atoms with Gasteiger partial charge in [0.1, 0.15) is 11.6 Å². The number of amides is 2. The molecule has 8 nitrogen and oxygen atoms in total. The predicted molar refractivity (Wildman–Crippen MR) is 164 cm³/mol. The second-order valence-corrected chi connectivity index (χ2v) is 13.7. The molecular formula is C32H38F2N6O2S. The number of allylic oxidation sites excluding steroid dienone is 1. The van der Waals surface area contributed by atoms with Crippen LogP contribution in [-0.4, -0.2) is 44.9 Å². The van der Waals surface area contributed by atoms with E-state index in [1.165, 1.54) is 12.1 Å². The normalized spacial score (nSPS) is 18.3. The van der Waals surface area contributed by atoms with Crippen molar-refractivity contribution in [2.45, 2.75) is 85.0 Å². The monoisotopic (exact) mass is 608 g/mol. The maximum atomic E-state index is 13.4. The minimum Gasteiger partial charge on any atom is -0.333 e. The standard InChI is InChI=1S/C32H38F2N6O2S/c1-19(32(2,3)4)36-17-21-9-10-25-24(15-21)37-31(38-29(41)27-12-11-26(43-27)28(33)34)40(25)18-23-6-5-13-39(23)30(42)22(16-35)14-20-7-8-20/h9-12,14-15,19-20,23,28,36H,5-8,13,17-18H2,1-4H3,(H,37,38,41). The second-order valence-electron chi connectivity index (χ2n) is 12.6.